The van der Waals surface area contributed by atoms with E-state index < -0.39 is 8.07 Å². The average Bonchev–Trinajstić information content (AvgIpc) is 3.20. The summed E-state index contributed by atoms with van der Waals surface area (Å²) < 4.78 is 6.79. The van der Waals surface area contributed by atoms with Crippen LogP contribution in [0.5, 0.6) is 11.5 Å². The van der Waals surface area contributed by atoms with Crippen LogP contribution < -0.4 is 31.2 Å². The molecule has 254 valence electrons. The third-order valence-corrected chi connectivity index (χ3v) is 12.6. The highest BCUT2D eigenvalue weighted by Gasteiger charge is 2.25. The highest BCUT2D eigenvalue weighted by molar-refractivity contribution is 6.95. The Kier molecular flexibility index (Phi) is 8.33. The van der Waals surface area contributed by atoms with Gasteiger partial charge in [0, 0.05) is 34.1 Å². The van der Waals surface area contributed by atoms with Gasteiger partial charge in [-0.1, -0.05) is 181 Å². The average molecular weight is 698 g/mol. The minimum Gasteiger partial charge on any atom is -0.456 e. The lowest BCUT2D eigenvalue weighted by Crippen LogP contribution is -2.51. The molecule has 0 fully saturated rings. The van der Waals surface area contributed by atoms with Crippen LogP contribution in [-0.2, 0) is 0 Å². The fraction of sp³-hybridized carbons (Fsp3) is 0.0612. The van der Waals surface area contributed by atoms with Crippen molar-refractivity contribution in [1.29, 1.82) is 0 Å². The van der Waals surface area contributed by atoms with E-state index in [-0.39, 0.29) is 6.71 Å². The fourth-order valence-electron chi connectivity index (χ4n) is 7.87. The van der Waals surface area contributed by atoms with Crippen LogP contribution >= 0.6 is 0 Å². The predicted molar refractivity (Wildman–Crippen MR) is 230 cm³/mol. The van der Waals surface area contributed by atoms with Crippen molar-refractivity contribution in [2.45, 2.75) is 19.6 Å². The SMILES string of the molecule is C[Si](C)(C)c1ccc(N(c2ccccc2)c2ccc3c(c2)Oc2cccc4c(-c5ccc(B(c6ccccc6)c6ccccc6)cc5)ccc-3c24)cc1. The fourth-order valence-corrected chi connectivity index (χ4v) is 9.03. The number of rotatable bonds is 8. The molecule has 8 aromatic rings. The summed E-state index contributed by atoms with van der Waals surface area (Å²) in [4.78, 5) is 2.32. The van der Waals surface area contributed by atoms with E-state index in [4.69, 9.17) is 4.74 Å². The van der Waals surface area contributed by atoms with Crippen LogP contribution in [0.1, 0.15) is 0 Å². The molecule has 9 rings (SSSR count). The van der Waals surface area contributed by atoms with Crippen molar-refractivity contribution in [2.24, 2.45) is 0 Å². The molecule has 4 heteroatoms. The zero-order chi connectivity index (χ0) is 35.9. The molecule has 0 radical (unpaired) electrons. The number of benzene rings is 8. The maximum absolute atomic E-state index is 6.79. The molecule has 0 saturated heterocycles. The molecular formula is C49H40BNOSi. The summed E-state index contributed by atoms with van der Waals surface area (Å²) in [5.74, 6) is 1.76. The summed E-state index contributed by atoms with van der Waals surface area (Å²) in [6.45, 7) is 7.34. The van der Waals surface area contributed by atoms with Crippen molar-refractivity contribution in [3.63, 3.8) is 0 Å². The van der Waals surface area contributed by atoms with E-state index in [1.54, 1.807) is 0 Å². The van der Waals surface area contributed by atoms with Crippen LogP contribution in [0.4, 0.5) is 17.1 Å². The number of ether oxygens (including phenoxy) is 1. The largest absolute Gasteiger partial charge is 0.456 e. The Bertz CT molecular complexity index is 2510. The van der Waals surface area contributed by atoms with Crippen molar-refractivity contribution in [3.05, 3.63) is 188 Å². The van der Waals surface area contributed by atoms with E-state index in [1.165, 1.54) is 43.7 Å². The lowest BCUT2D eigenvalue weighted by molar-refractivity contribution is 0.487. The van der Waals surface area contributed by atoms with Gasteiger partial charge in [-0.05, 0) is 64.5 Å². The Balaban J connectivity index is 1.09. The summed E-state index contributed by atoms with van der Waals surface area (Å²) in [6.07, 6.45) is 0. The third kappa shape index (κ3) is 6.15. The molecule has 1 aliphatic heterocycles. The number of anilines is 3. The third-order valence-electron chi connectivity index (χ3n) is 10.6. The second-order valence-electron chi connectivity index (χ2n) is 15.0. The van der Waals surface area contributed by atoms with Crippen molar-refractivity contribution in [3.8, 4) is 33.8 Å². The quantitative estimate of drug-likeness (QED) is 0.147. The second kappa shape index (κ2) is 13.5. The van der Waals surface area contributed by atoms with Crippen molar-refractivity contribution >= 4 is 64.2 Å². The number of para-hydroxylation sites is 1. The highest BCUT2D eigenvalue weighted by atomic mass is 28.3. The van der Waals surface area contributed by atoms with Gasteiger partial charge in [0.05, 0.1) is 8.07 Å². The van der Waals surface area contributed by atoms with E-state index in [2.05, 4.69) is 213 Å². The van der Waals surface area contributed by atoms with Crippen LogP contribution in [0.2, 0.25) is 19.6 Å². The first kappa shape index (κ1) is 32.8. The van der Waals surface area contributed by atoms with Crippen LogP contribution in [0.3, 0.4) is 0 Å². The Morgan fingerprint density at radius 1 is 0.434 bits per heavy atom. The van der Waals surface area contributed by atoms with Gasteiger partial charge in [-0.25, -0.2) is 0 Å². The maximum Gasteiger partial charge on any atom is 0.241 e. The van der Waals surface area contributed by atoms with Crippen LogP contribution in [-0.4, -0.2) is 14.8 Å². The number of hydrogen-bond acceptors (Lipinski definition) is 2. The lowest BCUT2D eigenvalue weighted by atomic mass is 9.37. The maximum atomic E-state index is 6.79. The smallest absolute Gasteiger partial charge is 0.241 e. The zero-order valence-corrected chi connectivity index (χ0v) is 31.3. The van der Waals surface area contributed by atoms with E-state index >= 15 is 0 Å². The van der Waals surface area contributed by atoms with Gasteiger partial charge in [0.15, 0.2) is 0 Å². The monoisotopic (exact) mass is 697 g/mol. The van der Waals surface area contributed by atoms with Gasteiger partial charge in [-0.2, -0.15) is 0 Å². The van der Waals surface area contributed by atoms with Gasteiger partial charge in [-0.15, -0.1) is 0 Å². The molecule has 2 nitrogen and oxygen atoms in total. The molecule has 1 heterocycles. The lowest BCUT2D eigenvalue weighted by Gasteiger charge is -2.29. The Hall–Kier alpha value is -6.10. The molecule has 53 heavy (non-hydrogen) atoms. The van der Waals surface area contributed by atoms with Crippen molar-refractivity contribution in [1.82, 2.24) is 0 Å². The standard InChI is InChI=1S/C49H40BNOSi/c1-53(2,3)42-29-26-40(27-30-42)51(39-18-11-6-12-19-39)41-28-31-44-46-33-32-43(45-20-13-21-47(49(45)46)52-48(44)34-41)35-22-24-38(25-23-35)50(36-14-7-4-8-15-36)37-16-9-5-10-17-37/h4-34H,1-3H3. The molecule has 0 aliphatic carbocycles. The van der Waals surface area contributed by atoms with Gasteiger partial charge >= 0.3 is 0 Å². The molecule has 1 aliphatic rings. The predicted octanol–water partition coefficient (Wildman–Crippen LogP) is 10.8. The number of nitrogens with zero attached hydrogens (tertiary/aromatic N) is 1. The zero-order valence-electron chi connectivity index (χ0n) is 30.3. The Labute approximate surface area is 314 Å². The second-order valence-corrected chi connectivity index (χ2v) is 20.0. The Morgan fingerprint density at radius 2 is 0.981 bits per heavy atom. The van der Waals surface area contributed by atoms with Crippen LogP contribution in [0, 0.1) is 0 Å². The van der Waals surface area contributed by atoms with Gasteiger partial charge in [0.2, 0.25) is 6.71 Å². The molecule has 0 saturated carbocycles. The van der Waals surface area contributed by atoms with Gasteiger partial charge < -0.3 is 9.64 Å². The van der Waals surface area contributed by atoms with Crippen molar-refractivity contribution in [2.75, 3.05) is 4.90 Å². The van der Waals surface area contributed by atoms with E-state index in [0.717, 1.165) is 39.5 Å². The minimum atomic E-state index is -1.42. The summed E-state index contributed by atoms with van der Waals surface area (Å²) in [7, 11) is -1.42. The highest BCUT2D eigenvalue weighted by Crippen LogP contribution is 2.50. The topological polar surface area (TPSA) is 12.5 Å². The van der Waals surface area contributed by atoms with E-state index in [0.29, 0.717) is 0 Å². The van der Waals surface area contributed by atoms with Gasteiger partial charge in [-0.3, -0.25) is 0 Å². The molecular weight excluding hydrogens is 657 g/mol. The molecule has 0 N–H and O–H groups in total. The summed E-state index contributed by atoms with van der Waals surface area (Å²) in [6, 6.07) is 68.1. The van der Waals surface area contributed by atoms with Gasteiger partial charge in [0.25, 0.3) is 0 Å². The molecule has 0 bridgehead atoms. The summed E-state index contributed by atoms with van der Waals surface area (Å²) >= 11 is 0. The molecule has 0 atom stereocenters. The first-order valence-electron chi connectivity index (χ1n) is 18.5. The molecule has 0 spiro atoms. The van der Waals surface area contributed by atoms with Crippen LogP contribution in [0.15, 0.2) is 188 Å². The minimum absolute atomic E-state index is 0.167. The van der Waals surface area contributed by atoms with E-state index in [9.17, 15) is 0 Å². The Morgan fingerprint density at radius 3 is 1.62 bits per heavy atom. The summed E-state index contributed by atoms with van der Waals surface area (Å²) in [5.41, 5.74) is 11.9. The van der Waals surface area contributed by atoms with Gasteiger partial charge in [0.1, 0.15) is 11.5 Å². The number of fused-ring (bicyclic) bond motifs is 2. The van der Waals surface area contributed by atoms with E-state index in [1.807, 2.05) is 0 Å². The first-order chi connectivity index (χ1) is 25.9. The van der Waals surface area contributed by atoms with Crippen LogP contribution in [0.25, 0.3) is 33.0 Å². The molecule has 0 aromatic heterocycles. The van der Waals surface area contributed by atoms with Crippen molar-refractivity contribution < 1.29 is 4.74 Å². The molecule has 0 amide bonds. The summed E-state index contributed by atoms with van der Waals surface area (Å²) in [5, 5.41) is 3.80. The molecule has 8 aromatic carbocycles. The molecule has 0 unspecified atom stereocenters. The first-order valence-corrected chi connectivity index (χ1v) is 22.0. The normalized spacial score (nSPS) is 11.8. The number of hydrogen-bond donors (Lipinski definition) is 0.